The lowest BCUT2D eigenvalue weighted by molar-refractivity contribution is -0.124. The van der Waals surface area contributed by atoms with Crippen molar-refractivity contribution in [3.63, 3.8) is 0 Å². The van der Waals surface area contributed by atoms with Gasteiger partial charge in [-0.05, 0) is 0 Å². The molecular formula is C11H22N4O2. The summed E-state index contributed by atoms with van der Waals surface area (Å²) in [6.45, 7) is 5.41. The summed E-state index contributed by atoms with van der Waals surface area (Å²) in [5.74, 6) is -0.221. The molecule has 0 radical (unpaired) electrons. The van der Waals surface area contributed by atoms with Gasteiger partial charge < -0.3 is 20.4 Å². The van der Waals surface area contributed by atoms with Gasteiger partial charge in [-0.2, -0.15) is 0 Å². The Morgan fingerprint density at radius 1 is 1.41 bits per heavy atom. The van der Waals surface area contributed by atoms with Crippen molar-refractivity contribution in [2.24, 2.45) is 5.92 Å². The second kappa shape index (κ2) is 6.44. The SMILES string of the molecule is CNC(=O)C(C)CN(C)C(=O)N1CCNCC1. The quantitative estimate of drug-likeness (QED) is 0.689. The van der Waals surface area contributed by atoms with Crippen molar-refractivity contribution in [1.82, 2.24) is 20.4 Å². The zero-order valence-corrected chi connectivity index (χ0v) is 10.8. The van der Waals surface area contributed by atoms with Crippen LogP contribution in [0.5, 0.6) is 0 Å². The van der Waals surface area contributed by atoms with E-state index in [1.54, 1.807) is 19.0 Å². The Bertz CT molecular complexity index is 277. The fourth-order valence-electron chi connectivity index (χ4n) is 1.92. The van der Waals surface area contributed by atoms with Crippen LogP contribution in [-0.4, -0.2) is 68.6 Å². The van der Waals surface area contributed by atoms with Crippen LogP contribution < -0.4 is 10.6 Å². The minimum Gasteiger partial charge on any atom is -0.359 e. The highest BCUT2D eigenvalue weighted by Crippen LogP contribution is 2.03. The number of nitrogens with zero attached hydrogens (tertiary/aromatic N) is 2. The van der Waals surface area contributed by atoms with Crippen LogP contribution in [0.3, 0.4) is 0 Å². The molecule has 3 amide bonds. The monoisotopic (exact) mass is 242 g/mol. The molecule has 6 heteroatoms. The van der Waals surface area contributed by atoms with Crippen LogP contribution in [0.4, 0.5) is 4.79 Å². The molecule has 1 fully saturated rings. The van der Waals surface area contributed by atoms with Crippen LogP contribution in [0.15, 0.2) is 0 Å². The molecule has 0 aromatic carbocycles. The van der Waals surface area contributed by atoms with Crippen LogP contribution in [-0.2, 0) is 4.79 Å². The molecule has 6 nitrogen and oxygen atoms in total. The molecule has 17 heavy (non-hydrogen) atoms. The van der Waals surface area contributed by atoms with E-state index in [0.29, 0.717) is 6.54 Å². The topological polar surface area (TPSA) is 64.7 Å². The van der Waals surface area contributed by atoms with E-state index in [9.17, 15) is 9.59 Å². The van der Waals surface area contributed by atoms with E-state index < -0.39 is 0 Å². The Morgan fingerprint density at radius 2 is 2.00 bits per heavy atom. The van der Waals surface area contributed by atoms with Crippen molar-refractivity contribution in [3.8, 4) is 0 Å². The van der Waals surface area contributed by atoms with Crippen LogP contribution in [0, 0.1) is 5.92 Å². The first kappa shape index (κ1) is 13.8. The third-order valence-electron chi connectivity index (χ3n) is 2.96. The van der Waals surface area contributed by atoms with E-state index in [2.05, 4.69) is 10.6 Å². The van der Waals surface area contributed by atoms with E-state index in [1.807, 2.05) is 11.8 Å². The van der Waals surface area contributed by atoms with Gasteiger partial charge in [0.2, 0.25) is 5.91 Å². The molecule has 98 valence electrons. The predicted octanol–water partition coefficient (Wildman–Crippen LogP) is -0.674. The molecule has 1 aliphatic rings. The molecule has 0 aliphatic carbocycles. The number of piperazine rings is 1. The van der Waals surface area contributed by atoms with Gasteiger partial charge in [0.05, 0.1) is 5.92 Å². The first-order chi connectivity index (χ1) is 8.06. The summed E-state index contributed by atoms with van der Waals surface area (Å²) in [7, 11) is 3.35. The molecule has 0 aromatic heterocycles. The van der Waals surface area contributed by atoms with Crippen molar-refractivity contribution < 1.29 is 9.59 Å². The Morgan fingerprint density at radius 3 is 2.53 bits per heavy atom. The number of hydrogen-bond donors (Lipinski definition) is 2. The average molecular weight is 242 g/mol. The average Bonchev–Trinajstić information content (AvgIpc) is 2.37. The van der Waals surface area contributed by atoms with E-state index in [0.717, 1.165) is 26.2 Å². The fraction of sp³-hybridized carbons (Fsp3) is 0.818. The van der Waals surface area contributed by atoms with Crippen LogP contribution in [0.25, 0.3) is 0 Å². The summed E-state index contributed by atoms with van der Waals surface area (Å²) in [5.41, 5.74) is 0. The van der Waals surface area contributed by atoms with Gasteiger partial charge >= 0.3 is 6.03 Å². The molecule has 0 bridgehead atoms. The second-order valence-electron chi connectivity index (χ2n) is 4.42. The largest absolute Gasteiger partial charge is 0.359 e. The predicted molar refractivity (Wildman–Crippen MR) is 65.7 cm³/mol. The number of amides is 3. The van der Waals surface area contributed by atoms with E-state index >= 15 is 0 Å². The first-order valence-electron chi connectivity index (χ1n) is 5.98. The molecule has 1 heterocycles. The van der Waals surface area contributed by atoms with Crippen molar-refractivity contribution in [1.29, 1.82) is 0 Å². The van der Waals surface area contributed by atoms with Crippen LogP contribution in [0.2, 0.25) is 0 Å². The summed E-state index contributed by atoms with van der Waals surface area (Å²) >= 11 is 0. The smallest absolute Gasteiger partial charge is 0.319 e. The van der Waals surface area contributed by atoms with Gasteiger partial charge in [-0.3, -0.25) is 4.79 Å². The molecule has 0 aromatic rings. The van der Waals surface area contributed by atoms with Gasteiger partial charge in [-0.25, -0.2) is 4.79 Å². The van der Waals surface area contributed by atoms with Crippen LogP contribution in [0.1, 0.15) is 6.92 Å². The molecule has 2 N–H and O–H groups in total. The van der Waals surface area contributed by atoms with Crippen molar-refractivity contribution in [3.05, 3.63) is 0 Å². The lowest BCUT2D eigenvalue weighted by atomic mass is 10.1. The van der Waals surface area contributed by atoms with Gasteiger partial charge in [0.25, 0.3) is 0 Å². The molecule has 1 atom stereocenters. The van der Waals surface area contributed by atoms with Gasteiger partial charge in [0.1, 0.15) is 0 Å². The molecule has 1 aliphatic heterocycles. The van der Waals surface area contributed by atoms with Gasteiger partial charge in [0.15, 0.2) is 0 Å². The maximum Gasteiger partial charge on any atom is 0.319 e. The summed E-state index contributed by atoms with van der Waals surface area (Å²) in [6, 6.07) is 0.00209. The number of rotatable bonds is 3. The van der Waals surface area contributed by atoms with Gasteiger partial charge in [-0.1, -0.05) is 6.92 Å². The minimum atomic E-state index is -0.183. The highest BCUT2D eigenvalue weighted by Gasteiger charge is 2.22. The van der Waals surface area contributed by atoms with E-state index in [4.69, 9.17) is 0 Å². The zero-order chi connectivity index (χ0) is 12.8. The number of hydrogen-bond acceptors (Lipinski definition) is 3. The van der Waals surface area contributed by atoms with E-state index in [-0.39, 0.29) is 17.9 Å². The lowest BCUT2D eigenvalue weighted by Gasteiger charge is -2.32. The number of carbonyl (C=O) groups is 2. The van der Waals surface area contributed by atoms with Crippen molar-refractivity contribution in [2.75, 3.05) is 46.8 Å². The lowest BCUT2D eigenvalue weighted by Crippen LogP contribution is -2.51. The molecule has 1 unspecified atom stereocenters. The Kier molecular flexibility index (Phi) is 5.21. The minimum absolute atomic E-state index is 0.00209. The summed E-state index contributed by atoms with van der Waals surface area (Å²) in [6.07, 6.45) is 0. The van der Waals surface area contributed by atoms with Gasteiger partial charge in [-0.15, -0.1) is 0 Å². The Hall–Kier alpha value is -1.30. The Labute approximate surface area is 102 Å². The standard InChI is InChI=1S/C11H22N4O2/c1-9(10(16)12-2)8-14(3)11(17)15-6-4-13-5-7-15/h9,13H,4-8H2,1-3H3,(H,12,16). The molecule has 0 spiro atoms. The highest BCUT2D eigenvalue weighted by atomic mass is 16.2. The molecule has 0 saturated carbocycles. The zero-order valence-electron chi connectivity index (χ0n) is 10.8. The maximum absolute atomic E-state index is 12.0. The Balaban J connectivity index is 2.43. The summed E-state index contributed by atoms with van der Waals surface area (Å²) < 4.78 is 0. The van der Waals surface area contributed by atoms with Crippen molar-refractivity contribution >= 4 is 11.9 Å². The number of nitrogens with one attached hydrogen (secondary N) is 2. The summed E-state index contributed by atoms with van der Waals surface area (Å²) in [5, 5.41) is 5.79. The van der Waals surface area contributed by atoms with Crippen molar-refractivity contribution in [2.45, 2.75) is 6.92 Å². The second-order valence-corrected chi connectivity index (χ2v) is 4.42. The third kappa shape index (κ3) is 3.89. The summed E-state index contributed by atoms with van der Waals surface area (Å²) in [4.78, 5) is 26.8. The molecule has 1 rings (SSSR count). The number of carbonyl (C=O) groups excluding carboxylic acids is 2. The molecule has 1 saturated heterocycles. The first-order valence-corrected chi connectivity index (χ1v) is 5.98. The number of urea groups is 1. The molecular weight excluding hydrogens is 220 g/mol. The normalized spacial score (nSPS) is 17.5. The van der Waals surface area contributed by atoms with Gasteiger partial charge in [0, 0.05) is 46.8 Å². The van der Waals surface area contributed by atoms with E-state index in [1.165, 1.54) is 0 Å². The highest BCUT2D eigenvalue weighted by molar-refractivity contribution is 5.79. The third-order valence-corrected chi connectivity index (χ3v) is 2.96. The maximum atomic E-state index is 12.0. The van der Waals surface area contributed by atoms with Crippen LogP contribution >= 0.6 is 0 Å². The fourth-order valence-corrected chi connectivity index (χ4v) is 1.92.